The van der Waals surface area contributed by atoms with Crippen LogP contribution in [0.5, 0.6) is 0 Å². The summed E-state index contributed by atoms with van der Waals surface area (Å²) in [7, 11) is 0. The fourth-order valence-corrected chi connectivity index (χ4v) is 4.57. The number of rotatable bonds is 8. The zero-order valence-electron chi connectivity index (χ0n) is 18.1. The van der Waals surface area contributed by atoms with Crippen LogP contribution in [0.15, 0.2) is 72.0 Å². The predicted molar refractivity (Wildman–Crippen MR) is 126 cm³/mol. The molecule has 4 aromatic rings. The summed E-state index contributed by atoms with van der Waals surface area (Å²) in [5.74, 6) is 1.28. The average Bonchev–Trinajstić information content (AvgIpc) is 3.44. The van der Waals surface area contributed by atoms with E-state index >= 15 is 0 Å². The Hall–Kier alpha value is -3.46. The van der Waals surface area contributed by atoms with Crippen LogP contribution in [0, 0.1) is 11.7 Å². The molecule has 0 saturated heterocycles. The van der Waals surface area contributed by atoms with Gasteiger partial charge >= 0.3 is 0 Å². The van der Waals surface area contributed by atoms with E-state index in [1.165, 1.54) is 30.7 Å². The van der Waals surface area contributed by atoms with Crippen molar-refractivity contribution in [3.63, 3.8) is 0 Å². The highest BCUT2D eigenvalue weighted by atomic mass is 32.2. The van der Waals surface area contributed by atoms with Crippen LogP contribution in [0.1, 0.15) is 25.8 Å². The van der Waals surface area contributed by atoms with Gasteiger partial charge < -0.3 is 5.32 Å². The van der Waals surface area contributed by atoms with E-state index in [4.69, 9.17) is 0 Å². The maximum absolute atomic E-state index is 14.5. The maximum Gasteiger partial charge on any atom is 0.235 e. The van der Waals surface area contributed by atoms with Gasteiger partial charge in [0.05, 0.1) is 23.6 Å². The molecule has 0 bridgehead atoms. The van der Waals surface area contributed by atoms with E-state index in [2.05, 4.69) is 27.5 Å². The van der Waals surface area contributed by atoms with Crippen LogP contribution in [0.3, 0.4) is 0 Å². The lowest BCUT2D eigenvalue weighted by molar-refractivity contribution is -0.113. The van der Waals surface area contributed by atoms with E-state index in [0.29, 0.717) is 28.3 Å². The molecule has 7 nitrogen and oxygen atoms in total. The van der Waals surface area contributed by atoms with E-state index in [1.54, 1.807) is 29.0 Å². The van der Waals surface area contributed by atoms with Gasteiger partial charge in [-0.2, -0.15) is 5.10 Å². The first-order valence-corrected chi connectivity index (χ1v) is 11.8. The third-order valence-electron chi connectivity index (χ3n) is 5.72. The number of amides is 1. The second-order valence-electron chi connectivity index (χ2n) is 8.03. The Kier molecular flexibility index (Phi) is 5.95. The number of anilines is 1. The third-order valence-corrected chi connectivity index (χ3v) is 6.65. The lowest BCUT2D eigenvalue weighted by Crippen LogP contribution is -2.20. The van der Waals surface area contributed by atoms with Gasteiger partial charge in [-0.25, -0.2) is 9.07 Å². The van der Waals surface area contributed by atoms with Gasteiger partial charge in [0.2, 0.25) is 5.91 Å². The molecule has 1 fully saturated rings. The average molecular weight is 463 g/mol. The zero-order chi connectivity index (χ0) is 22.8. The van der Waals surface area contributed by atoms with Gasteiger partial charge in [-0.15, -0.1) is 10.2 Å². The summed E-state index contributed by atoms with van der Waals surface area (Å²) in [6, 6.07) is 18.0. The molecule has 1 saturated carbocycles. The highest BCUT2D eigenvalue weighted by molar-refractivity contribution is 7.99. The number of nitrogens with one attached hydrogen (secondary N) is 1. The molecule has 168 valence electrons. The third kappa shape index (κ3) is 4.54. The van der Waals surface area contributed by atoms with Crippen molar-refractivity contribution in [3.8, 4) is 17.1 Å². The standard InChI is InChI=1S/C24H23FN6OS/c1-16(17-11-12-17)31-21(13-14-26-31)27-22(32)15-33-24-29-28-23(19-9-5-6-10-20(19)25)30(24)18-7-3-2-4-8-18/h2-10,13-14,16-17H,11-12,15H2,1H3,(H,27,32). The fourth-order valence-electron chi connectivity index (χ4n) is 3.82. The van der Waals surface area contributed by atoms with Gasteiger partial charge in [0.1, 0.15) is 11.6 Å². The molecule has 2 aromatic carbocycles. The predicted octanol–water partition coefficient (Wildman–Crippen LogP) is 4.97. The van der Waals surface area contributed by atoms with Gasteiger partial charge in [0.15, 0.2) is 11.0 Å². The number of aromatic nitrogens is 5. The Morgan fingerprint density at radius 1 is 1.12 bits per heavy atom. The minimum atomic E-state index is -0.380. The van der Waals surface area contributed by atoms with E-state index < -0.39 is 0 Å². The van der Waals surface area contributed by atoms with Gasteiger partial charge in [-0.3, -0.25) is 9.36 Å². The molecule has 1 aliphatic rings. The van der Waals surface area contributed by atoms with Crippen molar-refractivity contribution in [2.24, 2.45) is 5.92 Å². The van der Waals surface area contributed by atoms with Crippen molar-refractivity contribution in [1.82, 2.24) is 24.5 Å². The fraction of sp³-hybridized carbons (Fsp3) is 0.250. The molecule has 9 heteroatoms. The summed E-state index contributed by atoms with van der Waals surface area (Å²) in [4.78, 5) is 12.7. The van der Waals surface area contributed by atoms with Crippen molar-refractivity contribution >= 4 is 23.5 Å². The topological polar surface area (TPSA) is 77.6 Å². The quantitative estimate of drug-likeness (QED) is 0.374. The van der Waals surface area contributed by atoms with Crippen molar-refractivity contribution in [2.75, 3.05) is 11.1 Å². The van der Waals surface area contributed by atoms with Crippen LogP contribution in [0.2, 0.25) is 0 Å². The Balaban J connectivity index is 1.36. The van der Waals surface area contributed by atoms with E-state index in [9.17, 15) is 9.18 Å². The van der Waals surface area contributed by atoms with Gasteiger partial charge in [0.25, 0.3) is 0 Å². The molecule has 0 radical (unpaired) electrons. The molecule has 2 heterocycles. The molecule has 5 rings (SSSR count). The highest BCUT2D eigenvalue weighted by Gasteiger charge is 2.30. The molecular formula is C24H23FN6OS. The maximum atomic E-state index is 14.5. The zero-order valence-corrected chi connectivity index (χ0v) is 18.9. The molecular weight excluding hydrogens is 439 g/mol. The van der Waals surface area contributed by atoms with Crippen LogP contribution in [0.25, 0.3) is 17.1 Å². The monoisotopic (exact) mass is 462 g/mol. The van der Waals surface area contributed by atoms with Crippen LogP contribution >= 0.6 is 11.8 Å². The van der Waals surface area contributed by atoms with Crippen molar-refractivity contribution in [1.29, 1.82) is 0 Å². The Bertz CT molecular complexity index is 1270. The van der Waals surface area contributed by atoms with Gasteiger partial charge in [-0.1, -0.05) is 42.1 Å². The number of benzene rings is 2. The molecule has 0 aliphatic heterocycles. The minimum Gasteiger partial charge on any atom is -0.310 e. The number of para-hydroxylation sites is 1. The number of thioether (sulfide) groups is 1. The Labute approximate surface area is 195 Å². The molecule has 1 atom stereocenters. The number of nitrogens with zero attached hydrogens (tertiary/aromatic N) is 5. The Morgan fingerprint density at radius 3 is 2.64 bits per heavy atom. The van der Waals surface area contributed by atoms with E-state index in [1.807, 2.05) is 41.1 Å². The van der Waals surface area contributed by atoms with Crippen molar-refractivity contribution in [3.05, 3.63) is 72.7 Å². The first kappa shape index (κ1) is 21.4. The van der Waals surface area contributed by atoms with E-state index in [-0.39, 0.29) is 23.5 Å². The summed E-state index contributed by atoms with van der Waals surface area (Å²) >= 11 is 1.25. The second-order valence-corrected chi connectivity index (χ2v) is 8.98. The molecule has 33 heavy (non-hydrogen) atoms. The summed E-state index contributed by atoms with van der Waals surface area (Å²) < 4.78 is 18.2. The number of hydrogen-bond acceptors (Lipinski definition) is 5. The molecule has 1 aliphatic carbocycles. The van der Waals surface area contributed by atoms with E-state index in [0.717, 1.165) is 5.69 Å². The van der Waals surface area contributed by atoms with Crippen LogP contribution in [-0.2, 0) is 4.79 Å². The van der Waals surface area contributed by atoms with Crippen molar-refractivity contribution < 1.29 is 9.18 Å². The lowest BCUT2D eigenvalue weighted by atomic mass is 10.2. The van der Waals surface area contributed by atoms with Gasteiger partial charge in [-0.05, 0) is 49.9 Å². The normalized spacial score (nSPS) is 14.2. The SMILES string of the molecule is CC(C1CC1)n1nccc1NC(=O)CSc1nnc(-c2ccccc2F)n1-c1ccccc1. The molecule has 1 unspecified atom stereocenters. The van der Waals surface area contributed by atoms with Gasteiger partial charge in [0, 0.05) is 11.8 Å². The minimum absolute atomic E-state index is 0.130. The largest absolute Gasteiger partial charge is 0.310 e. The number of carbonyl (C=O) groups is 1. The summed E-state index contributed by atoms with van der Waals surface area (Å²) in [5.41, 5.74) is 1.14. The highest BCUT2D eigenvalue weighted by Crippen LogP contribution is 2.40. The number of hydrogen-bond donors (Lipinski definition) is 1. The van der Waals surface area contributed by atoms with Crippen molar-refractivity contribution in [2.45, 2.75) is 31.0 Å². The number of carbonyl (C=O) groups excluding carboxylic acids is 1. The molecule has 1 N–H and O–H groups in total. The number of halogens is 1. The van der Waals surface area contributed by atoms with Crippen LogP contribution in [0.4, 0.5) is 10.2 Å². The van der Waals surface area contributed by atoms with Crippen LogP contribution in [-0.4, -0.2) is 36.2 Å². The molecule has 0 spiro atoms. The smallest absolute Gasteiger partial charge is 0.235 e. The Morgan fingerprint density at radius 2 is 1.88 bits per heavy atom. The molecule has 1 amide bonds. The first-order valence-electron chi connectivity index (χ1n) is 10.8. The first-order chi connectivity index (χ1) is 16.1. The second kappa shape index (κ2) is 9.19. The van der Waals surface area contributed by atoms with Crippen LogP contribution < -0.4 is 5.32 Å². The lowest BCUT2D eigenvalue weighted by Gasteiger charge is -2.15. The summed E-state index contributed by atoms with van der Waals surface area (Å²) in [6.45, 7) is 2.13. The summed E-state index contributed by atoms with van der Waals surface area (Å²) in [5, 5.41) is 16.4. The summed E-state index contributed by atoms with van der Waals surface area (Å²) in [6.07, 6.45) is 4.10. The molecule has 2 aromatic heterocycles.